The highest BCUT2D eigenvalue weighted by Gasteiger charge is 2.07. The van der Waals surface area contributed by atoms with Crippen molar-refractivity contribution >= 4 is 5.69 Å². The van der Waals surface area contributed by atoms with Crippen LogP contribution in [0.15, 0.2) is 54.6 Å². The van der Waals surface area contributed by atoms with Crippen LogP contribution in [-0.2, 0) is 6.42 Å². The summed E-state index contributed by atoms with van der Waals surface area (Å²) in [5.41, 5.74) is 3.93. The van der Waals surface area contributed by atoms with E-state index in [1.165, 1.54) is 16.8 Å². The Morgan fingerprint density at radius 3 is 2.11 bits per heavy atom. The van der Waals surface area contributed by atoms with Gasteiger partial charge in [0.1, 0.15) is 0 Å². The highest BCUT2D eigenvalue weighted by atomic mass is 14.9. The van der Waals surface area contributed by atoms with Gasteiger partial charge in [-0.2, -0.15) is 0 Å². The monoisotopic (exact) mass is 239 g/mol. The van der Waals surface area contributed by atoms with Crippen LogP contribution in [0.5, 0.6) is 0 Å². The van der Waals surface area contributed by atoms with Crippen molar-refractivity contribution in [2.75, 3.05) is 5.32 Å². The number of hydrogen-bond donors (Lipinski definition) is 1. The molecule has 0 radical (unpaired) electrons. The van der Waals surface area contributed by atoms with E-state index in [0.29, 0.717) is 6.04 Å². The van der Waals surface area contributed by atoms with Crippen molar-refractivity contribution < 1.29 is 0 Å². The fourth-order valence-electron chi connectivity index (χ4n) is 2.14. The molecule has 0 aromatic heterocycles. The molecule has 0 aliphatic rings. The highest BCUT2D eigenvalue weighted by molar-refractivity contribution is 5.46. The molecule has 94 valence electrons. The lowest BCUT2D eigenvalue weighted by molar-refractivity contribution is 0.749. The molecule has 2 rings (SSSR count). The molecule has 0 spiro atoms. The summed E-state index contributed by atoms with van der Waals surface area (Å²) in [7, 11) is 0. The lowest BCUT2D eigenvalue weighted by Gasteiger charge is -2.19. The van der Waals surface area contributed by atoms with Gasteiger partial charge in [-0.25, -0.2) is 0 Å². The lowest BCUT2D eigenvalue weighted by Crippen LogP contribution is -2.09. The molecule has 0 amide bonds. The van der Waals surface area contributed by atoms with Gasteiger partial charge in [-0.15, -0.1) is 0 Å². The quantitative estimate of drug-likeness (QED) is 0.789. The third kappa shape index (κ3) is 3.13. The zero-order valence-corrected chi connectivity index (χ0v) is 11.2. The van der Waals surface area contributed by atoms with Crippen molar-refractivity contribution in [3.05, 3.63) is 65.7 Å². The van der Waals surface area contributed by atoms with E-state index in [1.54, 1.807) is 0 Å². The summed E-state index contributed by atoms with van der Waals surface area (Å²) in [5.74, 6) is 0. The maximum atomic E-state index is 3.60. The molecule has 0 bridgehead atoms. The average Bonchev–Trinajstić information content (AvgIpc) is 2.46. The normalized spacial score (nSPS) is 12.1. The number of nitrogens with one attached hydrogen (secondary N) is 1. The second kappa shape index (κ2) is 6.25. The molecule has 0 fully saturated rings. The van der Waals surface area contributed by atoms with Crippen LogP contribution in [0.2, 0.25) is 0 Å². The van der Waals surface area contributed by atoms with Crippen LogP contribution < -0.4 is 5.32 Å². The Labute approximate surface area is 110 Å². The predicted octanol–water partition coefficient (Wildman–Crippen LogP) is 4.81. The molecular weight excluding hydrogens is 218 g/mol. The number of aryl methyl sites for hydroxylation is 1. The largest absolute Gasteiger partial charge is 0.378 e. The highest BCUT2D eigenvalue weighted by Crippen LogP contribution is 2.22. The fourth-order valence-corrected chi connectivity index (χ4v) is 2.14. The first-order valence-electron chi connectivity index (χ1n) is 6.74. The summed E-state index contributed by atoms with van der Waals surface area (Å²) < 4.78 is 0. The standard InChI is InChI=1S/C17H21N/c1-3-14-10-12-16(13-11-14)18-17(4-2)15-8-6-5-7-9-15/h5-13,17-18H,3-4H2,1-2H3. The number of rotatable bonds is 5. The van der Waals surface area contributed by atoms with E-state index in [9.17, 15) is 0 Å². The zero-order chi connectivity index (χ0) is 12.8. The topological polar surface area (TPSA) is 12.0 Å². The SMILES string of the molecule is CCc1ccc(NC(CC)c2ccccc2)cc1. The van der Waals surface area contributed by atoms with Gasteiger partial charge in [-0.1, -0.05) is 56.3 Å². The Hall–Kier alpha value is -1.76. The van der Waals surface area contributed by atoms with Gasteiger partial charge >= 0.3 is 0 Å². The predicted molar refractivity (Wildman–Crippen MR) is 78.9 cm³/mol. The van der Waals surface area contributed by atoms with Gasteiger partial charge in [0, 0.05) is 5.69 Å². The maximum Gasteiger partial charge on any atom is 0.0511 e. The number of anilines is 1. The van der Waals surface area contributed by atoms with E-state index in [2.05, 4.69) is 73.8 Å². The minimum Gasteiger partial charge on any atom is -0.378 e. The average molecular weight is 239 g/mol. The second-order valence-corrected chi connectivity index (χ2v) is 4.57. The molecule has 0 aliphatic carbocycles. The molecule has 0 heterocycles. The van der Waals surface area contributed by atoms with E-state index in [-0.39, 0.29) is 0 Å². The molecule has 2 aromatic carbocycles. The van der Waals surface area contributed by atoms with Gasteiger partial charge in [0.15, 0.2) is 0 Å². The summed E-state index contributed by atoms with van der Waals surface area (Å²) in [6.45, 7) is 4.40. The third-order valence-electron chi connectivity index (χ3n) is 3.31. The minimum absolute atomic E-state index is 0.388. The molecule has 1 unspecified atom stereocenters. The first-order chi connectivity index (χ1) is 8.83. The van der Waals surface area contributed by atoms with Gasteiger partial charge in [0.25, 0.3) is 0 Å². The first kappa shape index (κ1) is 12.7. The fraction of sp³-hybridized carbons (Fsp3) is 0.294. The number of hydrogen-bond acceptors (Lipinski definition) is 1. The second-order valence-electron chi connectivity index (χ2n) is 4.57. The zero-order valence-electron chi connectivity index (χ0n) is 11.2. The van der Waals surface area contributed by atoms with Crippen molar-refractivity contribution in [1.29, 1.82) is 0 Å². The Bertz CT molecular complexity index is 459. The first-order valence-corrected chi connectivity index (χ1v) is 6.74. The molecule has 1 N–H and O–H groups in total. The van der Waals surface area contributed by atoms with Gasteiger partial charge in [0.2, 0.25) is 0 Å². The van der Waals surface area contributed by atoms with Crippen molar-refractivity contribution in [1.82, 2.24) is 0 Å². The molecule has 1 atom stereocenters. The van der Waals surface area contributed by atoms with Crippen LogP contribution in [0.3, 0.4) is 0 Å². The van der Waals surface area contributed by atoms with Crippen LogP contribution in [-0.4, -0.2) is 0 Å². The van der Waals surface area contributed by atoms with Crippen molar-refractivity contribution in [2.45, 2.75) is 32.7 Å². The van der Waals surface area contributed by atoms with Gasteiger partial charge in [-0.3, -0.25) is 0 Å². The molecule has 0 aliphatic heterocycles. The van der Waals surface area contributed by atoms with E-state index in [4.69, 9.17) is 0 Å². The summed E-state index contributed by atoms with van der Waals surface area (Å²) in [4.78, 5) is 0. The molecular formula is C17H21N. The Morgan fingerprint density at radius 1 is 0.889 bits per heavy atom. The summed E-state index contributed by atoms with van der Waals surface area (Å²) in [6, 6.07) is 19.7. The summed E-state index contributed by atoms with van der Waals surface area (Å²) >= 11 is 0. The van der Waals surface area contributed by atoms with Crippen LogP contribution in [0, 0.1) is 0 Å². The molecule has 2 aromatic rings. The Kier molecular flexibility index (Phi) is 4.40. The van der Waals surface area contributed by atoms with Crippen molar-refractivity contribution in [3.8, 4) is 0 Å². The Balaban J connectivity index is 2.10. The van der Waals surface area contributed by atoms with E-state index < -0.39 is 0 Å². The minimum atomic E-state index is 0.388. The molecule has 1 nitrogen and oxygen atoms in total. The molecule has 18 heavy (non-hydrogen) atoms. The van der Waals surface area contributed by atoms with Crippen LogP contribution >= 0.6 is 0 Å². The summed E-state index contributed by atoms with van der Waals surface area (Å²) in [6.07, 6.45) is 2.18. The van der Waals surface area contributed by atoms with Gasteiger partial charge < -0.3 is 5.32 Å². The molecule has 1 heteroatoms. The van der Waals surface area contributed by atoms with Gasteiger partial charge in [-0.05, 0) is 36.1 Å². The molecule has 0 saturated carbocycles. The molecule has 0 saturated heterocycles. The summed E-state index contributed by atoms with van der Waals surface area (Å²) in [5, 5.41) is 3.60. The van der Waals surface area contributed by atoms with Gasteiger partial charge in [0.05, 0.1) is 6.04 Å². The van der Waals surface area contributed by atoms with Crippen LogP contribution in [0.1, 0.15) is 37.4 Å². The Morgan fingerprint density at radius 2 is 1.56 bits per heavy atom. The van der Waals surface area contributed by atoms with Crippen LogP contribution in [0.25, 0.3) is 0 Å². The smallest absolute Gasteiger partial charge is 0.0511 e. The van der Waals surface area contributed by atoms with Crippen molar-refractivity contribution in [2.24, 2.45) is 0 Å². The third-order valence-corrected chi connectivity index (χ3v) is 3.31. The van der Waals surface area contributed by atoms with E-state index in [1.807, 2.05) is 0 Å². The van der Waals surface area contributed by atoms with Crippen LogP contribution in [0.4, 0.5) is 5.69 Å². The van der Waals surface area contributed by atoms with E-state index >= 15 is 0 Å². The number of benzene rings is 2. The maximum absolute atomic E-state index is 3.60. The van der Waals surface area contributed by atoms with Crippen molar-refractivity contribution in [3.63, 3.8) is 0 Å². The van der Waals surface area contributed by atoms with E-state index in [0.717, 1.165) is 12.8 Å². The lowest BCUT2D eigenvalue weighted by atomic mass is 10.0.